The van der Waals surface area contributed by atoms with E-state index < -0.39 is 0 Å². The van der Waals surface area contributed by atoms with Crippen molar-refractivity contribution in [3.8, 4) is 0 Å². The Hall–Kier alpha value is -1.71. The van der Waals surface area contributed by atoms with Gasteiger partial charge in [0.1, 0.15) is 0 Å². The molecule has 0 bridgehead atoms. The topological polar surface area (TPSA) is 55.6 Å². The third kappa shape index (κ3) is 2.71. The number of hydrogen-bond acceptors (Lipinski definition) is 4. The molecule has 2 N–H and O–H groups in total. The minimum Gasteiger partial charge on any atom is -0.465 e. The van der Waals surface area contributed by atoms with Crippen LogP contribution in [0, 0.1) is 11.8 Å². The normalized spacial score (nSPS) is 25.3. The van der Waals surface area contributed by atoms with Crippen LogP contribution in [-0.2, 0) is 4.74 Å². The van der Waals surface area contributed by atoms with E-state index in [1.807, 2.05) is 18.2 Å². The molecule has 0 radical (unpaired) electrons. The molecule has 1 aromatic rings. The smallest absolute Gasteiger partial charge is 0.340 e. The second kappa shape index (κ2) is 5.96. The number of para-hydroxylation sites is 1. The molecule has 1 aromatic carbocycles. The summed E-state index contributed by atoms with van der Waals surface area (Å²) in [6.45, 7) is 2.00. The molecule has 1 saturated carbocycles. The van der Waals surface area contributed by atoms with Gasteiger partial charge in [-0.1, -0.05) is 25.3 Å². The molecular weight excluding hydrogens is 264 g/mol. The Morgan fingerprint density at radius 1 is 1.24 bits per heavy atom. The molecule has 2 aliphatic rings. The molecule has 4 heteroatoms. The number of anilines is 2. The predicted octanol–water partition coefficient (Wildman–Crippen LogP) is 3.07. The fraction of sp³-hybridized carbons (Fsp3) is 0.588. The highest BCUT2D eigenvalue weighted by Crippen LogP contribution is 2.39. The summed E-state index contributed by atoms with van der Waals surface area (Å²) in [5, 5.41) is 0. The van der Waals surface area contributed by atoms with E-state index in [1.54, 1.807) is 0 Å². The number of carbonyl (C=O) groups excluding carboxylic acids is 1. The fourth-order valence-corrected chi connectivity index (χ4v) is 3.99. The number of benzene rings is 1. The zero-order valence-electron chi connectivity index (χ0n) is 12.7. The van der Waals surface area contributed by atoms with Crippen molar-refractivity contribution < 1.29 is 9.53 Å². The maximum Gasteiger partial charge on any atom is 0.340 e. The van der Waals surface area contributed by atoms with Crippen LogP contribution in [-0.4, -0.2) is 26.2 Å². The fourth-order valence-electron chi connectivity index (χ4n) is 3.99. The van der Waals surface area contributed by atoms with Gasteiger partial charge in [-0.3, -0.25) is 0 Å². The average molecular weight is 288 g/mol. The van der Waals surface area contributed by atoms with Crippen LogP contribution in [0.3, 0.4) is 0 Å². The quantitative estimate of drug-likeness (QED) is 0.671. The number of hydrogen-bond donors (Lipinski definition) is 1. The Bertz CT molecular complexity index is 530. The standard InChI is InChI=1S/C17H24N2O2/c1-21-17(20)14-7-4-8-15(18)16(14)19-10-9-12-5-2-3-6-13(12)11-19/h4,7-8,12-13H,2-3,5-6,9-11,18H2,1H3. The molecule has 1 saturated heterocycles. The minimum atomic E-state index is -0.303. The zero-order valence-corrected chi connectivity index (χ0v) is 12.7. The van der Waals surface area contributed by atoms with Crippen LogP contribution in [0.2, 0.25) is 0 Å². The van der Waals surface area contributed by atoms with Crippen LogP contribution in [0.4, 0.5) is 11.4 Å². The number of fused-ring (bicyclic) bond motifs is 1. The second-order valence-electron chi connectivity index (χ2n) is 6.27. The van der Waals surface area contributed by atoms with Gasteiger partial charge in [-0.15, -0.1) is 0 Å². The summed E-state index contributed by atoms with van der Waals surface area (Å²) in [4.78, 5) is 14.3. The number of carbonyl (C=O) groups is 1. The zero-order chi connectivity index (χ0) is 14.8. The third-order valence-corrected chi connectivity index (χ3v) is 5.08. The van der Waals surface area contributed by atoms with Crippen molar-refractivity contribution in [3.63, 3.8) is 0 Å². The molecule has 0 spiro atoms. The SMILES string of the molecule is COC(=O)c1cccc(N)c1N1CCC2CCCCC2C1. The highest BCUT2D eigenvalue weighted by atomic mass is 16.5. The van der Waals surface area contributed by atoms with Crippen LogP contribution in [0.25, 0.3) is 0 Å². The summed E-state index contributed by atoms with van der Waals surface area (Å²) in [7, 11) is 1.42. The van der Waals surface area contributed by atoms with Gasteiger partial charge in [0.25, 0.3) is 0 Å². The highest BCUT2D eigenvalue weighted by molar-refractivity contribution is 5.99. The summed E-state index contributed by atoms with van der Waals surface area (Å²) in [6, 6.07) is 5.50. The van der Waals surface area contributed by atoms with Crippen molar-refractivity contribution in [2.75, 3.05) is 30.8 Å². The highest BCUT2D eigenvalue weighted by Gasteiger charge is 2.33. The number of nitrogens with zero attached hydrogens (tertiary/aromatic N) is 1. The lowest BCUT2D eigenvalue weighted by Gasteiger charge is -2.43. The monoisotopic (exact) mass is 288 g/mol. The average Bonchev–Trinajstić information content (AvgIpc) is 2.53. The molecule has 1 aliphatic heterocycles. The largest absolute Gasteiger partial charge is 0.465 e. The van der Waals surface area contributed by atoms with Crippen LogP contribution < -0.4 is 10.6 Å². The van der Waals surface area contributed by atoms with Gasteiger partial charge in [-0.05, 0) is 36.8 Å². The molecule has 4 nitrogen and oxygen atoms in total. The van der Waals surface area contributed by atoms with E-state index in [4.69, 9.17) is 10.5 Å². The first-order chi connectivity index (χ1) is 10.2. The van der Waals surface area contributed by atoms with Crippen molar-refractivity contribution in [1.29, 1.82) is 0 Å². The van der Waals surface area contributed by atoms with E-state index in [0.717, 1.165) is 30.6 Å². The summed E-state index contributed by atoms with van der Waals surface area (Å²) in [5.74, 6) is 1.31. The first-order valence-corrected chi connectivity index (χ1v) is 7.92. The number of esters is 1. The number of methoxy groups -OCH3 is 1. The van der Waals surface area contributed by atoms with Gasteiger partial charge in [0.05, 0.1) is 24.0 Å². The Balaban J connectivity index is 1.88. The van der Waals surface area contributed by atoms with E-state index in [0.29, 0.717) is 11.3 Å². The van der Waals surface area contributed by atoms with Crippen molar-refractivity contribution in [3.05, 3.63) is 23.8 Å². The molecule has 114 valence electrons. The van der Waals surface area contributed by atoms with Crippen LogP contribution in [0.5, 0.6) is 0 Å². The number of nitrogens with two attached hydrogens (primary N) is 1. The summed E-state index contributed by atoms with van der Waals surface area (Å²) in [6.07, 6.45) is 6.60. The second-order valence-corrected chi connectivity index (χ2v) is 6.27. The molecule has 1 heterocycles. The van der Waals surface area contributed by atoms with Crippen molar-refractivity contribution in [2.45, 2.75) is 32.1 Å². The summed E-state index contributed by atoms with van der Waals surface area (Å²) >= 11 is 0. The van der Waals surface area contributed by atoms with Crippen LogP contribution >= 0.6 is 0 Å². The van der Waals surface area contributed by atoms with Gasteiger partial charge >= 0.3 is 5.97 Å². The maximum absolute atomic E-state index is 12.0. The maximum atomic E-state index is 12.0. The molecule has 2 unspecified atom stereocenters. The van der Waals surface area contributed by atoms with Crippen molar-refractivity contribution in [1.82, 2.24) is 0 Å². The van der Waals surface area contributed by atoms with E-state index in [9.17, 15) is 4.79 Å². The molecular formula is C17H24N2O2. The summed E-state index contributed by atoms with van der Waals surface area (Å²) in [5.41, 5.74) is 8.30. The number of ether oxygens (including phenoxy) is 1. The van der Waals surface area contributed by atoms with Gasteiger partial charge < -0.3 is 15.4 Å². The Morgan fingerprint density at radius 2 is 2.00 bits per heavy atom. The molecule has 21 heavy (non-hydrogen) atoms. The van der Waals surface area contributed by atoms with Crippen molar-refractivity contribution >= 4 is 17.3 Å². The Kier molecular flexibility index (Phi) is 4.04. The van der Waals surface area contributed by atoms with Gasteiger partial charge in [0.15, 0.2) is 0 Å². The Morgan fingerprint density at radius 3 is 2.76 bits per heavy atom. The molecule has 3 rings (SSSR count). The predicted molar refractivity (Wildman–Crippen MR) is 84.5 cm³/mol. The number of piperidine rings is 1. The third-order valence-electron chi connectivity index (χ3n) is 5.08. The molecule has 1 aliphatic carbocycles. The van der Waals surface area contributed by atoms with E-state index >= 15 is 0 Å². The van der Waals surface area contributed by atoms with Gasteiger partial charge in [-0.2, -0.15) is 0 Å². The first kappa shape index (κ1) is 14.2. The lowest BCUT2D eigenvalue weighted by molar-refractivity contribution is 0.0601. The van der Waals surface area contributed by atoms with E-state index in [2.05, 4.69) is 4.90 Å². The van der Waals surface area contributed by atoms with Crippen LogP contribution in [0.15, 0.2) is 18.2 Å². The first-order valence-electron chi connectivity index (χ1n) is 7.92. The molecule has 2 fully saturated rings. The minimum absolute atomic E-state index is 0.303. The van der Waals surface area contributed by atoms with Crippen LogP contribution in [0.1, 0.15) is 42.5 Å². The van der Waals surface area contributed by atoms with Gasteiger partial charge in [0, 0.05) is 13.1 Å². The van der Waals surface area contributed by atoms with Crippen molar-refractivity contribution in [2.24, 2.45) is 11.8 Å². The lowest BCUT2D eigenvalue weighted by atomic mass is 9.75. The Labute approximate surface area is 126 Å². The van der Waals surface area contributed by atoms with Gasteiger partial charge in [-0.25, -0.2) is 4.79 Å². The van der Waals surface area contributed by atoms with E-state index in [1.165, 1.54) is 39.2 Å². The van der Waals surface area contributed by atoms with Gasteiger partial charge in [0.2, 0.25) is 0 Å². The lowest BCUT2D eigenvalue weighted by Crippen LogP contribution is -2.42. The molecule has 2 atom stereocenters. The molecule has 0 aromatic heterocycles. The van der Waals surface area contributed by atoms with E-state index in [-0.39, 0.29) is 5.97 Å². The summed E-state index contributed by atoms with van der Waals surface area (Å²) < 4.78 is 4.91. The number of nitrogen functional groups attached to an aromatic ring is 1. The molecule has 0 amide bonds. The number of rotatable bonds is 2.